The van der Waals surface area contributed by atoms with Gasteiger partial charge in [0.15, 0.2) is 5.96 Å². The zero-order valence-corrected chi connectivity index (χ0v) is 19.1. The van der Waals surface area contributed by atoms with Gasteiger partial charge in [-0.1, -0.05) is 19.9 Å². The molecule has 0 radical (unpaired) electrons. The largest absolute Gasteiger partial charge is 0.375 e. The molecule has 164 valence electrons. The van der Waals surface area contributed by atoms with Gasteiger partial charge in [-0.2, -0.15) is 5.10 Å². The van der Waals surface area contributed by atoms with Crippen LogP contribution in [0.15, 0.2) is 29.5 Å². The summed E-state index contributed by atoms with van der Waals surface area (Å²) < 4.78 is 7.50. The maximum absolute atomic E-state index is 5.61. The molecule has 0 aromatic carbocycles. The number of nitrogens with zero attached hydrogens (tertiary/aromatic N) is 6. The Balaban J connectivity index is 1.57. The van der Waals surface area contributed by atoms with Crippen molar-refractivity contribution >= 4 is 11.8 Å². The van der Waals surface area contributed by atoms with Crippen LogP contribution in [0.1, 0.15) is 43.5 Å². The van der Waals surface area contributed by atoms with Crippen LogP contribution >= 0.6 is 0 Å². The van der Waals surface area contributed by atoms with Gasteiger partial charge in [-0.25, -0.2) is 4.98 Å². The van der Waals surface area contributed by atoms with Crippen LogP contribution in [0.4, 0.5) is 5.82 Å². The van der Waals surface area contributed by atoms with E-state index in [0.717, 1.165) is 49.3 Å². The smallest absolute Gasteiger partial charge is 0.193 e. The van der Waals surface area contributed by atoms with Gasteiger partial charge in [-0.05, 0) is 24.5 Å². The minimum absolute atomic E-state index is 0.247. The molecule has 1 aliphatic rings. The van der Waals surface area contributed by atoms with Crippen LogP contribution < -0.4 is 10.2 Å². The Kier molecular flexibility index (Phi) is 7.31. The fraction of sp³-hybridized carbons (Fsp3) is 0.591. The summed E-state index contributed by atoms with van der Waals surface area (Å²) in [6.45, 7) is 10.4. The number of morpholine rings is 1. The third-order valence-electron chi connectivity index (χ3n) is 5.29. The quantitative estimate of drug-likeness (QED) is 0.579. The van der Waals surface area contributed by atoms with Gasteiger partial charge >= 0.3 is 0 Å². The van der Waals surface area contributed by atoms with Crippen molar-refractivity contribution in [3.63, 3.8) is 0 Å². The van der Waals surface area contributed by atoms with Crippen LogP contribution in [0.5, 0.6) is 0 Å². The lowest BCUT2D eigenvalue weighted by atomic mass is 10.1. The van der Waals surface area contributed by atoms with Crippen molar-refractivity contribution in [2.24, 2.45) is 12.0 Å². The Hall–Kier alpha value is -2.61. The number of pyridine rings is 1. The van der Waals surface area contributed by atoms with E-state index in [9.17, 15) is 0 Å². The molecular weight excluding hydrogens is 378 g/mol. The predicted molar refractivity (Wildman–Crippen MR) is 121 cm³/mol. The van der Waals surface area contributed by atoms with Gasteiger partial charge in [0, 0.05) is 65.3 Å². The molecule has 0 saturated carbocycles. The number of nitrogens with one attached hydrogen (secondary N) is 1. The third-order valence-corrected chi connectivity index (χ3v) is 5.29. The molecule has 1 atom stereocenters. The number of anilines is 1. The summed E-state index contributed by atoms with van der Waals surface area (Å²) in [5.41, 5.74) is 3.49. The molecule has 0 aliphatic carbocycles. The molecule has 0 spiro atoms. The van der Waals surface area contributed by atoms with E-state index in [1.165, 1.54) is 5.56 Å². The van der Waals surface area contributed by atoms with E-state index in [-0.39, 0.29) is 6.10 Å². The second-order valence-electron chi connectivity index (χ2n) is 8.28. The molecule has 0 bridgehead atoms. The third kappa shape index (κ3) is 5.50. The lowest BCUT2D eigenvalue weighted by Crippen LogP contribution is -2.41. The number of aryl methyl sites for hydroxylation is 1. The van der Waals surface area contributed by atoms with E-state index in [2.05, 4.69) is 69.3 Å². The zero-order valence-electron chi connectivity index (χ0n) is 19.1. The molecule has 8 heteroatoms. The van der Waals surface area contributed by atoms with E-state index in [1.54, 1.807) is 0 Å². The summed E-state index contributed by atoms with van der Waals surface area (Å²) in [6, 6.07) is 4.22. The predicted octanol–water partition coefficient (Wildman–Crippen LogP) is 2.37. The van der Waals surface area contributed by atoms with Gasteiger partial charge in [-0.3, -0.25) is 9.67 Å². The number of guanidine groups is 1. The highest BCUT2D eigenvalue weighted by Gasteiger charge is 2.18. The summed E-state index contributed by atoms with van der Waals surface area (Å²) in [7, 11) is 5.83. The molecule has 3 rings (SSSR count). The van der Waals surface area contributed by atoms with Gasteiger partial charge in [0.25, 0.3) is 0 Å². The Labute approximate surface area is 179 Å². The van der Waals surface area contributed by atoms with Crippen molar-refractivity contribution in [3.05, 3.63) is 41.3 Å². The average Bonchev–Trinajstić information content (AvgIpc) is 3.09. The topological polar surface area (TPSA) is 70.8 Å². The van der Waals surface area contributed by atoms with E-state index < -0.39 is 0 Å². The normalized spacial score (nSPS) is 17.5. The van der Waals surface area contributed by atoms with Gasteiger partial charge in [0.2, 0.25) is 0 Å². The lowest BCUT2D eigenvalue weighted by molar-refractivity contribution is 0.0529. The fourth-order valence-electron chi connectivity index (χ4n) is 3.79. The molecule has 3 heterocycles. The van der Waals surface area contributed by atoms with Gasteiger partial charge in [0.05, 0.1) is 18.4 Å². The van der Waals surface area contributed by atoms with Crippen molar-refractivity contribution in [1.82, 2.24) is 25.0 Å². The standard InChI is InChI=1S/C22H35N7O/c1-16(2)21-19(15-28(6)26-21)14-27(5)22(23-4)25-12-18-7-8-20(24-11-18)29-9-10-30-17(3)13-29/h7-8,11,15-17H,9-10,12-14H2,1-6H3,(H,23,25). The Bertz CT molecular complexity index is 844. The molecule has 1 unspecified atom stereocenters. The maximum Gasteiger partial charge on any atom is 0.193 e. The number of ether oxygens (including phenoxy) is 1. The minimum atomic E-state index is 0.247. The summed E-state index contributed by atoms with van der Waals surface area (Å²) in [6.07, 6.45) is 4.28. The minimum Gasteiger partial charge on any atom is -0.375 e. The van der Waals surface area contributed by atoms with Crippen molar-refractivity contribution in [3.8, 4) is 0 Å². The molecule has 1 N–H and O–H groups in total. The SMILES string of the molecule is CN=C(NCc1ccc(N2CCOC(C)C2)nc1)N(C)Cc1cn(C)nc1C(C)C. The van der Waals surface area contributed by atoms with Crippen LogP contribution in [-0.4, -0.2) is 65.5 Å². The number of rotatable bonds is 6. The van der Waals surface area contributed by atoms with Gasteiger partial charge < -0.3 is 19.9 Å². The number of hydrogen-bond acceptors (Lipinski definition) is 5. The van der Waals surface area contributed by atoms with E-state index in [1.807, 2.05) is 32.0 Å². The van der Waals surface area contributed by atoms with Crippen molar-refractivity contribution in [2.75, 3.05) is 38.7 Å². The number of hydrogen-bond donors (Lipinski definition) is 1. The van der Waals surface area contributed by atoms with E-state index in [4.69, 9.17) is 4.74 Å². The second-order valence-corrected chi connectivity index (χ2v) is 8.28. The van der Waals surface area contributed by atoms with Crippen molar-refractivity contribution in [1.29, 1.82) is 0 Å². The molecule has 2 aromatic rings. The highest BCUT2D eigenvalue weighted by molar-refractivity contribution is 5.79. The summed E-state index contributed by atoms with van der Waals surface area (Å²) in [4.78, 5) is 13.5. The number of aliphatic imine (C=N–C) groups is 1. The highest BCUT2D eigenvalue weighted by atomic mass is 16.5. The molecule has 0 amide bonds. The highest BCUT2D eigenvalue weighted by Crippen LogP contribution is 2.19. The van der Waals surface area contributed by atoms with E-state index in [0.29, 0.717) is 12.5 Å². The van der Waals surface area contributed by atoms with Crippen LogP contribution in [0.2, 0.25) is 0 Å². The Morgan fingerprint density at radius 2 is 2.20 bits per heavy atom. The first-order valence-electron chi connectivity index (χ1n) is 10.6. The monoisotopic (exact) mass is 413 g/mol. The summed E-state index contributed by atoms with van der Waals surface area (Å²) in [5, 5.41) is 8.05. The first kappa shape index (κ1) is 22.1. The molecule has 1 fully saturated rings. The fourth-order valence-corrected chi connectivity index (χ4v) is 3.79. The zero-order chi connectivity index (χ0) is 21.7. The summed E-state index contributed by atoms with van der Waals surface area (Å²) >= 11 is 0. The molecular formula is C22H35N7O. The number of aromatic nitrogens is 3. The van der Waals surface area contributed by atoms with Crippen LogP contribution in [0.25, 0.3) is 0 Å². The van der Waals surface area contributed by atoms with Crippen LogP contribution in [-0.2, 0) is 24.9 Å². The van der Waals surface area contributed by atoms with Gasteiger partial charge in [0.1, 0.15) is 5.82 Å². The molecule has 2 aromatic heterocycles. The Morgan fingerprint density at radius 3 is 2.83 bits per heavy atom. The van der Waals surface area contributed by atoms with Crippen LogP contribution in [0, 0.1) is 0 Å². The van der Waals surface area contributed by atoms with Crippen molar-refractivity contribution in [2.45, 2.75) is 45.9 Å². The van der Waals surface area contributed by atoms with E-state index >= 15 is 0 Å². The molecule has 8 nitrogen and oxygen atoms in total. The van der Waals surface area contributed by atoms with Crippen LogP contribution in [0.3, 0.4) is 0 Å². The van der Waals surface area contributed by atoms with Crippen molar-refractivity contribution < 1.29 is 4.74 Å². The molecule has 30 heavy (non-hydrogen) atoms. The molecule has 1 saturated heterocycles. The van der Waals surface area contributed by atoms with Gasteiger partial charge in [-0.15, -0.1) is 0 Å². The first-order valence-corrected chi connectivity index (χ1v) is 10.6. The summed E-state index contributed by atoms with van der Waals surface area (Å²) in [5.74, 6) is 2.25. The lowest BCUT2D eigenvalue weighted by Gasteiger charge is -2.32. The Morgan fingerprint density at radius 1 is 1.40 bits per heavy atom. The average molecular weight is 414 g/mol. The second kappa shape index (κ2) is 9.93. The first-order chi connectivity index (χ1) is 14.4. The molecule has 1 aliphatic heterocycles. The maximum atomic E-state index is 5.61.